The minimum Gasteiger partial charge on any atom is -0.508 e. The molecule has 3 heteroatoms. The summed E-state index contributed by atoms with van der Waals surface area (Å²) < 4.78 is 13.2. The lowest BCUT2D eigenvalue weighted by Crippen LogP contribution is -2.20. The summed E-state index contributed by atoms with van der Waals surface area (Å²) in [5.41, 5.74) is 2.32. The van der Waals surface area contributed by atoms with Gasteiger partial charge in [0.1, 0.15) is 11.6 Å². The van der Waals surface area contributed by atoms with Crippen molar-refractivity contribution in [2.24, 2.45) is 0 Å². The molecule has 0 heterocycles. The summed E-state index contributed by atoms with van der Waals surface area (Å²) in [5, 5.41) is 9.79. The second kappa shape index (κ2) is 3.59. The van der Waals surface area contributed by atoms with Crippen molar-refractivity contribution < 1.29 is 9.50 Å². The molecule has 88 valence electrons. The average Bonchev–Trinajstić information content (AvgIpc) is 2.89. The van der Waals surface area contributed by atoms with Crippen molar-refractivity contribution in [1.82, 2.24) is 0 Å². The van der Waals surface area contributed by atoms with Gasteiger partial charge in [0.15, 0.2) is 0 Å². The fraction of sp³-hybridized carbons (Fsp3) is 0.538. The lowest BCUT2D eigenvalue weighted by atomic mass is 10.1. The summed E-state index contributed by atoms with van der Waals surface area (Å²) in [6, 6.07) is 3.07. The van der Waals surface area contributed by atoms with Crippen molar-refractivity contribution >= 4 is 8.07 Å². The van der Waals surface area contributed by atoms with Crippen molar-refractivity contribution in [2.75, 3.05) is 0 Å². The van der Waals surface area contributed by atoms with Crippen molar-refractivity contribution in [3.8, 4) is 5.75 Å². The molecule has 1 aromatic rings. The summed E-state index contributed by atoms with van der Waals surface area (Å²) in [7, 11) is -1.13. The van der Waals surface area contributed by atoms with E-state index in [1.54, 1.807) is 6.92 Å². The van der Waals surface area contributed by atoms with Crippen LogP contribution in [0.25, 0.3) is 0 Å². The van der Waals surface area contributed by atoms with Gasteiger partial charge < -0.3 is 5.11 Å². The Hall–Kier alpha value is -0.833. The third-order valence-corrected chi connectivity index (χ3v) is 6.47. The summed E-state index contributed by atoms with van der Waals surface area (Å²) in [6.45, 7) is 8.81. The Bertz CT molecular complexity index is 423. The van der Waals surface area contributed by atoms with E-state index in [1.807, 2.05) is 6.07 Å². The van der Waals surface area contributed by atoms with E-state index < -0.39 is 8.07 Å². The number of halogens is 1. The van der Waals surface area contributed by atoms with E-state index in [0.29, 0.717) is 11.5 Å². The molecule has 1 nitrogen and oxygen atoms in total. The van der Waals surface area contributed by atoms with Crippen LogP contribution in [0.15, 0.2) is 12.1 Å². The van der Waals surface area contributed by atoms with Crippen LogP contribution in [0.5, 0.6) is 5.75 Å². The van der Waals surface area contributed by atoms with Crippen LogP contribution >= 0.6 is 0 Å². The van der Waals surface area contributed by atoms with Gasteiger partial charge in [-0.15, -0.1) is 0 Å². The van der Waals surface area contributed by atoms with Gasteiger partial charge in [-0.1, -0.05) is 19.6 Å². The highest BCUT2D eigenvalue weighted by atomic mass is 28.3. The van der Waals surface area contributed by atoms with Crippen LogP contribution in [-0.2, 0) is 0 Å². The zero-order chi connectivity index (χ0) is 12.1. The maximum atomic E-state index is 13.2. The number of aryl methyl sites for hydroxylation is 1. The molecule has 2 rings (SSSR count). The molecule has 1 aliphatic carbocycles. The molecule has 0 radical (unpaired) electrons. The zero-order valence-corrected chi connectivity index (χ0v) is 11.3. The van der Waals surface area contributed by atoms with Crippen LogP contribution in [0.2, 0.25) is 25.2 Å². The molecule has 0 bridgehead atoms. The normalized spacial score (nSPS) is 24.6. The molecule has 1 saturated carbocycles. The Kier molecular flexibility index (Phi) is 2.61. The molecule has 0 aliphatic heterocycles. The largest absolute Gasteiger partial charge is 0.508 e. The Labute approximate surface area is 97.3 Å². The number of rotatable bonds is 2. The predicted octanol–water partition coefficient (Wildman–Crippen LogP) is 4.04. The van der Waals surface area contributed by atoms with Gasteiger partial charge >= 0.3 is 0 Å². The maximum Gasteiger partial charge on any atom is 0.129 e. The van der Waals surface area contributed by atoms with E-state index in [-0.39, 0.29) is 11.6 Å². The Morgan fingerprint density at radius 2 is 1.94 bits per heavy atom. The molecule has 1 aliphatic rings. The zero-order valence-electron chi connectivity index (χ0n) is 10.3. The first kappa shape index (κ1) is 11.6. The number of phenols is 1. The molecule has 1 fully saturated rings. The molecular weight excluding hydrogens is 219 g/mol. The standard InChI is InChI=1S/C13H19FOSi/c1-8-5-9(12(15)7-11(8)14)10-6-13(10)16(2,3)4/h5,7,10,13,15H,6H2,1-4H3/t10-,13+/m0/s1. The van der Waals surface area contributed by atoms with E-state index in [0.717, 1.165) is 17.5 Å². The summed E-state index contributed by atoms with van der Waals surface area (Å²) in [5.74, 6) is 0.284. The minimum atomic E-state index is -1.13. The van der Waals surface area contributed by atoms with Crippen molar-refractivity contribution in [3.05, 3.63) is 29.1 Å². The topological polar surface area (TPSA) is 20.2 Å². The van der Waals surface area contributed by atoms with Gasteiger partial charge in [0.25, 0.3) is 0 Å². The quantitative estimate of drug-likeness (QED) is 0.771. The molecular formula is C13H19FOSi. The highest BCUT2D eigenvalue weighted by Crippen LogP contribution is 2.59. The molecule has 0 spiro atoms. The fourth-order valence-corrected chi connectivity index (χ4v) is 4.83. The second-order valence-electron chi connectivity index (χ2n) is 5.97. The first-order valence-electron chi connectivity index (χ1n) is 5.79. The van der Waals surface area contributed by atoms with Crippen LogP contribution in [-0.4, -0.2) is 13.2 Å². The van der Waals surface area contributed by atoms with Crippen LogP contribution in [0.1, 0.15) is 23.5 Å². The van der Waals surface area contributed by atoms with Crippen LogP contribution < -0.4 is 0 Å². The number of hydrogen-bond acceptors (Lipinski definition) is 1. The lowest BCUT2D eigenvalue weighted by molar-refractivity contribution is 0.461. The van der Waals surface area contributed by atoms with E-state index in [4.69, 9.17) is 0 Å². The van der Waals surface area contributed by atoms with Gasteiger partial charge in [0.2, 0.25) is 0 Å². The van der Waals surface area contributed by atoms with E-state index in [1.165, 1.54) is 6.07 Å². The van der Waals surface area contributed by atoms with Gasteiger partial charge in [-0.05, 0) is 42.0 Å². The molecule has 16 heavy (non-hydrogen) atoms. The third kappa shape index (κ3) is 2.01. The summed E-state index contributed by atoms with van der Waals surface area (Å²) in [6.07, 6.45) is 1.16. The van der Waals surface area contributed by atoms with Gasteiger partial charge in [-0.2, -0.15) is 0 Å². The highest BCUT2D eigenvalue weighted by Gasteiger charge is 2.47. The monoisotopic (exact) mass is 238 g/mol. The minimum absolute atomic E-state index is 0.133. The molecule has 0 amide bonds. The van der Waals surface area contributed by atoms with Crippen molar-refractivity contribution in [1.29, 1.82) is 0 Å². The smallest absolute Gasteiger partial charge is 0.129 e. The van der Waals surface area contributed by atoms with Gasteiger partial charge in [-0.3, -0.25) is 0 Å². The van der Waals surface area contributed by atoms with Crippen LogP contribution in [0, 0.1) is 12.7 Å². The number of benzene rings is 1. The third-order valence-electron chi connectivity index (χ3n) is 3.61. The molecule has 0 saturated heterocycles. The summed E-state index contributed by atoms with van der Waals surface area (Å²) >= 11 is 0. The van der Waals surface area contributed by atoms with Gasteiger partial charge in [0, 0.05) is 14.1 Å². The molecule has 0 aromatic heterocycles. The molecule has 2 atom stereocenters. The average molecular weight is 238 g/mol. The Balaban J connectivity index is 2.28. The van der Waals surface area contributed by atoms with Crippen molar-refractivity contribution in [3.63, 3.8) is 0 Å². The first-order valence-corrected chi connectivity index (χ1v) is 9.37. The van der Waals surface area contributed by atoms with E-state index >= 15 is 0 Å². The van der Waals surface area contributed by atoms with E-state index in [2.05, 4.69) is 19.6 Å². The summed E-state index contributed by atoms with van der Waals surface area (Å²) in [4.78, 5) is 0. The van der Waals surface area contributed by atoms with Gasteiger partial charge in [-0.25, -0.2) is 4.39 Å². The molecule has 1 N–H and O–H groups in total. The lowest BCUT2D eigenvalue weighted by Gasteiger charge is -2.16. The van der Waals surface area contributed by atoms with Crippen LogP contribution in [0.3, 0.4) is 0 Å². The number of hydrogen-bond donors (Lipinski definition) is 1. The SMILES string of the molecule is Cc1cc([C@@H]2C[C@H]2[Si](C)(C)C)c(O)cc1F. The van der Waals surface area contributed by atoms with E-state index in [9.17, 15) is 9.50 Å². The fourth-order valence-electron chi connectivity index (χ4n) is 2.49. The molecule has 0 unspecified atom stereocenters. The number of phenolic OH excluding ortho intramolecular Hbond substituents is 1. The first-order chi connectivity index (χ1) is 7.30. The predicted molar refractivity (Wildman–Crippen MR) is 67.3 cm³/mol. The maximum absolute atomic E-state index is 13.2. The highest BCUT2D eigenvalue weighted by molar-refractivity contribution is 6.78. The molecule has 1 aromatic carbocycles. The van der Waals surface area contributed by atoms with Crippen molar-refractivity contribution in [2.45, 2.75) is 44.4 Å². The Morgan fingerprint density at radius 1 is 1.31 bits per heavy atom. The van der Waals surface area contributed by atoms with Crippen LogP contribution in [0.4, 0.5) is 4.39 Å². The number of aromatic hydroxyl groups is 1. The second-order valence-corrected chi connectivity index (χ2v) is 11.4. The Morgan fingerprint density at radius 3 is 2.44 bits per heavy atom. The van der Waals surface area contributed by atoms with Gasteiger partial charge in [0.05, 0.1) is 0 Å².